The van der Waals surface area contributed by atoms with Gasteiger partial charge in [0, 0.05) is 12.8 Å². The Labute approximate surface area is 473 Å². The van der Waals surface area contributed by atoms with E-state index in [1.54, 1.807) is 6.08 Å². The van der Waals surface area contributed by atoms with Gasteiger partial charge in [-0.15, -0.1) is 0 Å². The second-order valence-corrected chi connectivity index (χ2v) is 20.5. The van der Waals surface area contributed by atoms with Gasteiger partial charge in [-0.25, -0.2) is 4.57 Å². The zero-order valence-electron chi connectivity index (χ0n) is 48.6. The fourth-order valence-electron chi connectivity index (χ4n) is 7.38. The van der Waals surface area contributed by atoms with Crippen molar-refractivity contribution in [2.24, 2.45) is 0 Å². The Morgan fingerprint density at radius 1 is 0.372 bits per heavy atom. The summed E-state index contributed by atoms with van der Waals surface area (Å²) in [6, 6.07) is 0. The predicted molar refractivity (Wildman–Crippen MR) is 325 cm³/mol. The van der Waals surface area contributed by atoms with E-state index in [9.17, 15) is 28.9 Å². The zero-order chi connectivity index (χ0) is 56.9. The van der Waals surface area contributed by atoms with Gasteiger partial charge in [0.05, 0.1) is 26.2 Å². The van der Waals surface area contributed by atoms with E-state index >= 15 is 0 Å². The molecule has 0 aliphatic heterocycles. The van der Waals surface area contributed by atoms with Crippen molar-refractivity contribution in [1.29, 1.82) is 0 Å². The van der Waals surface area contributed by atoms with Gasteiger partial charge < -0.3 is 24.2 Å². The van der Waals surface area contributed by atoms with Crippen LogP contribution in [-0.4, -0.2) is 66.5 Å². The fraction of sp³-hybridized carbons (Fsp3) is 0.591. The number of carbonyl (C=O) groups is 3. The third-order valence-corrected chi connectivity index (χ3v) is 12.7. The average Bonchev–Trinajstić information content (AvgIpc) is 3.43. The number of allylic oxidation sites excluding steroid dienone is 23. The molecule has 0 saturated heterocycles. The minimum Gasteiger partial charge on any atom is -0.462 e. The van der Waals surface area contributed by atoms with E-state index in [1.165, 1.54) is 0 Å². The molecule has 0 fully saturated rings. The predicted octanol–water partition coefficient (Wildman–Crippen LogP) is 17.9. The van der Waals surface area contributed by atoms with E-state index in [0.29, 0.717) is 19.3 Å². The summed E-state index contributed by atoms with van der Waals surface area (Å²) in [7, 11) is -4.79. The summed E-state index contributed by atoms with van der Waals surface area (Å²) in [5.41, 5.74) is 0. The molecule has 11 nitrogen and oxygen atoms in total. The molecule has 0 rings (SSSR count). The number of phosphoric acid groups is 1. The summed E-state index contributed by atoms with van der Waals surface area (Å²) < 4.78 is 39.4. The van der Waals surface area contributed by atoms with Crippen molar-refractivity contribution in [2.75, 3.05) is 26.4 Å². The minimum atomic E-state index is -4.79. The molecule has 0 aromatic heterocycles. The van der Waals surface area contributed by atoms with Crippen LogP contribution < -0.4 is 0 Å². The maximum Gasteiger partial charge on any atom is 0.472 e. The molecule has 0 aromatic rings. The highest BCUT2D eigenvalue weighted by molar-refractivity contribution is 7.47. The highest BCUT2D eigenvalue weighted by atomic mass is 31.2. The first kappa shape index (κ1) is 73.4. The van der Waals surface area contributed by atoms with E-state index in [4.69, 9.17) is 23.3 Å². The Morgan fingerprint density at radius 3 is 1.06 bits per heavy atom. The maximum atomic E-state index is 12.9. The second kappa shape index (κ2) is 58.5. The van der Waals surface area contributed by atoms with Crippen LogP contribution >= 0.6 is 7.82 Å². The molecule has 12 heteroatoms. The summed E-state index contributed by atoms with van der Waals surface area (Å²) in [6.07, 6.45) is 75.4. The Hall–Kier alpha value is -4.64. The minimum absolute atomic E-state index is 0.0640. The number of unbranched alkanes of at least 4 members (excludes halogenated alkanes) is 13. The van der Waals surface area contributed by atoms with Gasteiger partial charge in [0.2, 0.25) is 0 Å². The van der Waals surface area contributed by atoms with Crippen LogP contribution in [0.4, 0.5) is 0 Å². The van der Waals surface area contributed by atoms with E-state index in [1.807, 2.05) is 18.2 Å². The number of esters is 3. The SMILES string of the molecule is CC/C=C\C/C=C\C/C=C\C/C=C\C/C=C\CC(=O)OC(CO)COP(=O)(O)OCC(COC(=O)CCCCCCCC/C=C\C/C=C\C/C=C\C/C=C\CC)OC(=O)CCCCCCCCC/C=C\C/C=C\C/C=C\CC. The standard InChI is InChI=1S/C66H105O11P/c1-4-7-10-13-16-19-22-25-28-30-31-33-35-37-40-43-46-49-52-55-64(68)73-59-63(77-66(70)57-54-51-48-45-42-39-36-32-29-26-23-20-17-14-11-8-5-2)61-75-78(71,72)74-60-62(58-67)76-65(69)56-53-50-47-44-41-38-34-27-24-21-18-15-12-9-6-3/h7-12,16-21,25-29,31,33-34,41,44,50,53,62-63,67H,4-6,13-15,22-24,30,32,35-40,42-43,45-49,51-52,54-61H2,1-3H3,(H,71,72)/b10-7-,11-8-,12-9-,19-16-,20-17-,21-18-,28-25-,29-26-,33-31-,34-27-,44-41-,53-50-. The summed E-state index contributed by atoms with van der Waals surface area (Å²) in [5, 5.41) is 9.81. The third-order valence-electron chi connectivity index (χ3n) is 11.8. The van der Waals surface area contributed by atoms with Crippen LogP contribution in [0.5, 0.6) is 0 Å². The maximum absolute atomic E-state index is 12.9. The molecule has 3 unspecified atom stereocenters. The van der Waals surface area contributed by atoms with Gasteiger partial charge in [0.15, 0.2) is 6.10 Å². The van der Waals surface area contributed by atoms with Gasteiger partial charge in [-0.05, 0) is 116 Å². The summed E-state index contributed by atoms with van der Waals surface area (Å²) in [6.45, 7) is 4.15. The van der Waals surface area contributed by atoms with Gasteiger partial charge in [-0.1, -0.05) is 224 Å². The van der Waals surface area contributed by atoms with Gasteiger partial charge in [0.25, 0.3) is 0 Å². The molecular weight excluding hydrogens is 1000 g/mol. The lowest BCUT2D eigenvalue weighted by Crippen LogP contribution is -2.30. The van der Waals surface area contributed by atoms with Crippen molar-refractivity contribution in [2.45, 2.75) is 226 Å². The van der Waals surface area contributed by atoms with Crippen LogP contribution in [-0.2, 0) is 42.2 Å². The molecule has 0 aromatic carbocycles. The number of hydrogen-bond acceptors (Lipinski definition) is 10. The lowest BCUT2D eigenvalue weighted by atomic mass is 10.1. The molecule has 3 atom stereocenters. The molecule has 0 aliphatic rings. The first-order valence-corrected chi connectivity index (χ1v) is 31.2. The molecule has 0 aliphatic carbocycles. The molecule has 0 saturated carbocycles. The molecule has 0 spiro atoms. The first-order valence-electron chi connectivity index (χ1n) is 29.7. The van der Waals surface area contributed by atoms with Crippen molar-refractivity contribution in [1.82, 2.24) is 0 Å². The topological polar surface area (TPSA) is 155 Å². The summed E-state index contributed by atoms with van der Waals surface area (Å²) in [4.78, 5) is 48.6. The zero-order valence-corrected chi connectivity index (χ0v) is 49.5. The summed E-state index contributed by atoms with van der Waals surface area (Å²) >= 11 is 0. The van der Waals surface area contributed by atoms with Crippen molar-refractivity contribution in [3.8, 4) is 0 Å². The molecule has 0 bridgehead atoms. The van der Waals surface area contributed by atoms with Crippen LogP contribution in [0.15, 0.2) is 146 Å². The fourth-order valence-corrected chi connectivity index (χ4v) is 8.16. The Bertz CT molecular complexity index is 1860. The number of rotatable bonds is 53. The Kier molecular flexibility index (Phi) is 55.0. The monoisotopic (exact) mass is 1100 g/mol. The average molecular weight is 1110 g/mol. The van der Waals surface area contributed by atoms with Gasteiger partial charge in [-0.2, -0.15) is 0 Å². The molecule has 0 radical (unpaired) electrons. The highest BCUT2D eigenvalue weighted by Gasteiger charge is 2.28. The third kappa shape index (κ3) is 56.1. The van der Waals surface area contributed by atoms with E-state index in [2.05, 4.69) is 142 Å². The number of phosphoric ester groups is 1. The van der Waals surface area contributed by atoms with E-state index < -0.39 is 57.8 Å². The van der Waals surface area contributed by atoms with Crippen molar-refractivity contribution < 1.29 is 52.2 Å². The van der Waals surface area contributed by atoms with Gasteiger partial charge >= 0.3 is 25.7 Å². The molecule has 78 heavy (non-hydrogen) atoms. The normalized spacial score (nSPS) is 14.4. The largest absolute Gasteiger partial charge is 0.472 e. The number of carbonyl (C=O) groups excluding carboxylic acids is 3. The quantitative estimate of drug-likeness (QED) is 0.0197. The van der Waals surface area contributed by atoms with Crippen LogP contribution in [0.1, 0.15) is 213 Å². The first-order chi connectivity index (χ1) is 38.2. The van der Waals surface area contributed by atoms with Gasteiger partial charge in [-0.3, -0.25) is 23.4 Å². The number of aliphatic hydroxyl groups excluding tert-OH is 1. The Balaban J connectivity index is 4.86. The number of aliphatic hydroxyl groups is 1. The van der Waals surface area contributed by atoms with Crippen LogP contribution in [0.25, 0.3) is 0 Å². The van der Waals surface area contributed by atoms with E-state index in [0.717, 1.165) is 154 Å². The van der Waals surface area contributed by atoms with Gasteiger partial charge in [0.1, 0.15) is 12.7 Å². The van der Waals surface area contributed by atoms with Crippen molar-refractivity contribution in [3.05, 3.63) is 146 Å². The molecule has 440 valence electrons. The Morgan fingerprint density at radius 2 is 0.679 bits per heavy atom. The molecular formula is C66H105O11P. The molecule has 0 heterocycles. The van der Waals surface area contributed by atoms with Crippen molar-refractivity contribution in [3.63, 3.8) is 0 Å². The van der Waals surface area contributed by atoms with Crippen LogP contribution in [0, 0.1) is 0 Å². The lowest BCUT2D eigenvalue weighted by molar-refractivity contribution is -0.161. The molecule has 0 amide bonds. The summed E-state index contributed by atoms with van der Waals surface area (Å²) in [5.74, 6) is -1.65. The second-order valence-electron chi connectivity index (χ2n) is 19.0. The highest BCUT2D eigenvalue weighted by Crippen LogP contribution is 2.43. The van der Waals surface area contributed by atoms with Crippen molar-refractivity contribution >= 4 is 25.7 Å². The van der Waals surface area contributed by atoms with Crippen LogP contribution in [0.3, 0.4) is 0 Å². The smallest absolute Gasteiger partial charge is 0.462 e. The number of hydrogen-bond donors (Lipinski definition) is 2. The molecule has 2 N–H and O–H groups in total. The van der Waals surface area contributed by atoms with Crippen LogP contribution in [0.2, 0.25) is 0 Å². The number of ether oxygens (including phenoxy) is 3. The van der Waals surface area contributed by atoms with E-state index in [-0.39, 0.29) is 25.9 Å². The lowest BCUT2D eigenvalue weighted by Gasteiger charge is -2.21.